The van der Waals surface area contributed by atoms with Gasteiger partial charge in [-0.25, -0.2) is 0 Å². The molecule has 1 aliphatic heterocycles. The Morgan fingerprint density at radius 2 is 1.58 bits per heavy atom. The van der Waals surface area contributed by atoms with Gasteiger partial charge in [0.2, 0.25) is 16.9 Å². The topological polar surface area (TPSA) is 78.4 Å². The van der Waals surface area contributed by atoms with Gasteiger partial charge in [-0.3, -0.25) is 14.5 Å². The molecule has 190 valence electrons. The van der Waals surface area contributed by atoms with Gasteiger partial charge in [-0.2, -0.15) is 0 Å². The highest BCUT2D eigenvalue weighted by molar-refractivity contribution is 7.15. The zero-order valence-electron chi connectivity index (χ0n) is 20.9. The maximum Gasteiger partial charge on any atom is 0.226 e. The van der Waals surface area contributed by atoms with Crippen LogP contribution in [-0.4, -0.2) is 58.0 Å². The summed E-state index contributed by atoms with van der Waals surface area (Å²) >= 11 is 7.49. The first-order chi connectivity index (χ1) is 17.2. The summed E-state index contributed by atoms with van der Waals surface area (Å²) in [4.78, 5) is 29.5. The average molecular weight is 526 g/mol. The normalized spacial score (nSPS) is 15.5. The van der Waals surface area contributed by atoms with Crippen molar-refractivity contribution >= 4 is 39.9 Å². The van der Waals surface area contributed by atoms with E-state index in [4.69, 9.17) is 11.6 Å². The van der Waals surface area contributed by atoms with Crippen LogP contribution in [0.5, 0.6) is 0 Å². The van der Waals surface area contributed by atoms with Crippen LogP contribution in [0.4, 0.5) is 5.13 Å². The molecule has 0 saturated carbocycles. The molecule has 1 unspecified atom stereocenters. The van der Waals surface area contributed by atoms with Crippen LogP contribution in [0, 0.1) is 0 Å². The van der Waals surface area contributed by atoms with Gasteiger partial charge in [-0.05, 0) is 23.3 Å². The van der Waals surface area contributed by atoms with Gasteiger partial charge in [0, 0.05) is 49.5 Å². The van der Waals surface area contributed by atoms with Crippen molar-refractivity contribution < 1.29 is 9.59 Å². The second kappa shape index (κ2) is 11.5. The predicted molar refractivity (Wildman–Crippen MR) is 144 cm³/mol. The molecular formula is C27H32ClN5O2S. The highest BCUT2D eigenvalue weighted by atomic mass is 35.5. The first-order valence-electron chi connectivity index (χ1n) is 12.2. The number of amides is 2. The minimum absolute atomic E-state index is 0.000184. The lowest BCUT2D eigenvalue weighted by molar-refractivity contribution is -0.134. The number of halogens is 1. The molecule has 7 nitrogen and oxygen atoms in total. The lowest BCUT2D eigenvalue weighted by Crippen LogP contribution is -2.50. The Balaban J connectivity index is 1.31. The number of anilines is 1. The molecule has 1 aromatic heterocycles. The second-order valence-corrected chi connectivity index (χ2v) is 11.4. The monoisotopic (exact) mass is 525 g/mol. The average Bonchev–Trinajstić information content (AvgIpc) is 3.34. The number of benzene rings is 2. The van der Waals surface area contributed by atoms with E-state index < -0.39 is 0 Å². The molecule has 9 heteroatoms. The molecular weight excluding hydrogens is 494 g/mol. The van der Waals surface area contributed by atoms with Crippen molar-refractivity contribution in [3.8, 4) is 0 Å². The lowest BCUT2D eigenvalue weighted by atomic mass is 9.96. The third kappa shape index (κ3) is 6.69. The summed E-state index contributed by atoms with van der Waals surface area (Å²) in [6.07, 6.45) is 0.303. The third-order valence-electron chi connectivity index (χ3n) is 6.21. The fourth-order valence-corrected chi connectivity index (χ4v) is 5.20. The fourth-order valence-electron chi connectivity index (χ4n) is 4.26. The van der Waals surface area contributed by atoms with Crippen LogP contribution in [0.25, 0.3) is 0 Å². The van der Waals surface area contributed by atoms with Gasteiger partial charge in [0.25, 0.3) is 0 Å². The molecule has 0 radical (unpaired) electrons. The van der Waals surface area contributed by atoms with Crippen molar-refractivity contribution in [2.45, 2.75) is 45.1 Å². The Kier molecular flexibility index (Phi) is 8.39. The summed E-state index contributed by atoms with van der Waals surface area (Å²) in [5, 5.41) is 13.0. The molecule has 2 aromatic carbocycles. The Morgan fingerprint density at radius 1 is 0.944 bits per heavy atom. The number of piperazine rings is 1. The van der Waals surface area contributed by atoms with E-state index >= 15 is 0 Å². The zero-order chi connectivity index (χ0) is 25.7. The van der Waals surface area contributed by atoms with Crippen molar-refractivity contribution in [2.75, 3.05) is 31.5 Å². The Hall–Kier alpha value is -2.81. The number of hydrogen-bond donors (Lipinski definition) is 1. The van der Waals surface area contributed by atoms with E-state index in [9.17, 15) is 9.59 Å². The van der Waals surface area contributed by atoms with E-state index in [2.05, 4.69) is 77.6 Å². The maximum absolute atomic E-state index is 12.8. The smallest absolute Gasteiger partial charge is 0.226 e. The molecule has 0 aliphatic carbocycles. The van der Waals surface area contributed by atoms with Crippen molar-refractivity contribution in [1.29, 1.82) is 0 Å². The van der Waals surface area contributed by atoms with Crippen molar-refractivity contribution in [3.05, 3.63) is 75.8 Å². The summed E-state index contributed by atoms with van der Waals surface area (Å²) in [5.74, 6) is -0.217. The molecule has 1 aliphatic rings. The lowest BCUT2D eigenvalue weighted by Gasteiger charge is -2.40. The quantitative estimate of drug-likeness (QED) is 0.462. The number of nitrogens with one attached hydrogen (secondary N) is 1. The number of rotatable bonds is 7. The molecule has 1 fully saturated rings. The molecule has 2 amide bonds. The van der Waals surface area contributed by atoms with Crippen molar-refractivity contribution in [1.82, 2.24) is 20.0 Å². The predicted octanol–water partition coefficient (Wildman–Crippen LogP) is 5.14. The number of nitrogens with zero attached hydrogens (tertiary/aromatic N) is 4. The molecule has 2 heterocycles. The number of carbonyl (C=O) groups excluding carboxylic acids is 2. The first kappa shape index (κ1) is 26.3. The first-order valence-corrected chi connectivity index (χ1v) is 13.4. The summed E-state index contributed by atoms with van der Waals surface area (Å²) in [6.45, 7) is 8.91. The summed E-state index contributed by atoms with van der Waals surface area (Å²) in [6, 6.07) is 18.5. The summed E-state index contributed by atoms with van der Waals surface area (Å²) < 4.78 is 0. The van der Waals surface area contributed by atoms with E-state index in [-0.39, 0.29) is 36.1 Å². The van der Waals surface area contributed by atoms with Gasteiger partial charge in [-0.15, -0.1) is 10.2 Å². The zero-order valence-corrected chi connectivity index (χ0v) is 22.5. The van der Waals surface area contributed by atoms with Crippen LogP contribution in [0.2, 0.25) is 5.02 Å². The van der Waals surface area contributed by atoms with Crippen LogP contribution >= 0.6 is 22.9 Å². The fraction of sp³-hybridized carbons (Fsp3) is 0.407. The van der Waals surface area contributed by atoms with E-state index in [1.54, 1.807) is 0 Å². The minimum Gasteiger partial charge on any atom is -0.340 e. The highest BCUT2D eigenvalue weighted by Crippen LogP contribution is 2.31. The van der Waals surface area contributed by atoms with E-state index in [0.29, 0.717) is 23.2 Å². The number of aromatic nitrogens is 2. The van der Waals surface area contributed by atoms with Gasteiger partial charge in [-0.1, -0.05) is 86.2 Å². The minimum atomic E-state index is -0.217. The largest absolute Gasteiger partial charge is 0.340 e. The second-order valence-electron chi connectivity index (χ2n) is 9.99. The van der Waals surface area contributed by atoms with E-state index in [1.165, 1.54) is 22.5 Å². The number of carbonyl (C=O) groups is 2. The standard InChI is InChI=1S/C27H32ClN5O2S/c1-27(2,3)25-30-31-26(36-25)29-22(34)13-14-23(35)32-15-17-33(18-16-32)24(19-7-5-4-6-8-19)20-9-11-21(28)12-10-20/h4-12,24H,13-18H2,1-3H3,(H,29,31,34). The van der Waals surface area contributed by atoms with Crippen LogP contribution in [0.3, 0.4) is 0 Å². The summed E-state index contributed by atoms with van der Waals surface area (Å²) in [5.41, 5.74) is 2.27. The Labute approximate surface area is 221 Å². The van der Waals surface area contributed by atoms with Gasteiger partial charge < -0.3 is 10.2 Å². The van der Waals surface area contributed by atoms with Crippen LogP contribution < -0.4 is 5.32 Å². The SMILES string of the molecule is CC(C)(C)c1nnc(NC(=O)CCC(=O)N2CCN(C(c3ccccc3)c3ccc(Cl)cc3)CC2)s1. The van der Waals surface area contributed by atoms with Crippen LogP contribution in [0.1, 0.15) is 55.8 Å². The van der Waals surface area contributed by atoms with Crippen molar-refractivity contribution in [2.24, 2.45) is 0 Å². The Morgan fingerprint density at radius 3 is 2.19 bits per heavy atom. The van der Waals surface area contributed by atoms with Crippen LogP contribution in [-0.2, 0) is 15.0 Å². The van der Waals surface area contributed by atoms with Gasteiger partial charge in [0.15, 0.2) is 0 Å². The molecule has 3 aromatic rings. The van der Waals surface area contributed by atoms with Crippen molar-refractivity contribution in [3.63, 3.8) is 0 Å². The van der Waals surface area contributed by atoms with Gasteiger partial charge >= 0.3 is 0 Å². The Bertz CT molecular complexity index is 1170. The number of hydrogen-bond acceptors (Lipinski definition) is 6. The van der Waals surface area contributed by atoms with E-state index in [1.807, 2.05) is 23.1 Å². The molecule has 1 atom stereocenters. The van der Waals surface area contributed by atoms with Gasteiger partial charge in [0.05, 0.1) is 6.04 Å². The molecule has 4 rings (SSSR count). The third-order valence-corrected chi connectivity index (χ3v) is 7.73. The van der Waals surface area contributed by atoms with E-state index in [0.717, 1.165) is 18.1 Å². The molecule has 0 spiro atoms. The molecule has 36 heavy (non-hydrogen) atoms. The molecule has 1 N–H and O–H groups in total. The summed E-state index contributed by atoms with van der Waals surface area (Å²) in [7, 11) is 0. The molecule has 0 bridgehead atoms. The maximum atomic E-state index is 12.8. The van der Waals surface area contributed by atoms with Crippen LogP contribution in [0.15, 0.2) is 54.6 Å². The van der Waals surface area contributed by atoms with Gasteiger partial charge in [0.1, 0.15) is 5.01 Å². The highest BCUT2D eigenvalue weighted by Gasteiger charge is 2.28. The molecule has 1 saturated heterocycles.